The second-order valence-electron chi connectivity index (χ2n) is 5.49. The van der Waals surface area contributed by atoms with Gasteiger partial charge in [-0.05, 0) is 31.9 Å². The van der Waals surface area contributed by atoms with E-state index in [-0.39, 0.29) is 18.5 Å². The lowest BCUT2D eigenvalue weighted by atomic mass is 10.1. The molecular formula is C20H36N2O4. The molecule has 0 unspecified atom stereocenters. The van der Waals surface area contributed by atoms with Gasteiger partial charge in [0.2, 0.25) is 5.91 Å². The molecule has 26 heavy (non-hydrogen) atoms. The van der Waals surface area contributed by atoms with Crippen molar-refractivity contribution in [2.24, 2.45) is 5.73 Å². The van der Waals surface area contributed by atoms with Gasteiger partial charge in [-0.3, -0.25) is 4.79 Å². The maximum Gasteiger partial charge on any atom is 0.233 e. The van der Waals surface area contributed by atoms with E-state index in [1.807, 2.05) is 38.1 Å². The van der Waals surface area contributed by atoms with Gasteiger partial charge >= 0.3 is 0 Å². The van der Waals surface area contributed by atoms with Crippen molar-refractivity contribution in [3.8, 4) is 0 Å². The Morgan fingerprint density at radius 2 is 1.58 bits per heavy atom. The van der Waals surface area contributed by atoms with E-state index >= 15 is 0 Å². The number of carbonyl (C=O) groups is 3. The number of hydrogen-bond donors (Lipinski definition) is 2. The summed E-state index contributed by atoms with van der Waals surface area (Å²) in [7, 11) is 1.67. The molecule has 1 aromatic carbocycles. The fraction of sp³-hybridized carbons (Fsp3) is 0.550. The van der Waals surface area contributed by atoms with Gasteiger partial charge in [-0.2, -0.15) is 0 Å². The third-order valence-corrected chi connectivity index (χ3v) is 2.29. The number of nitrogens with two attached hydrogens (primary N) is 1. The maximum atomic E-state index is 10.4. The lowest BCUT2D eigenvalue weighted by Gasteiger charge is -2.04. The second-order valence-corrected chi connectivity index (χ2v) is 5.49. The zero-order valence-electron chi connectivity index (χ0n) is 17.1. The van der Waals surface area contributed by atoms with Crippen molar-refractivity contribution >= 4 is 18.5 Å². The number of rotatable bonds is 6. The highest BCUT2D eigenvalue weighted by atomic mass is 16.5. The van der Waals surface area contributed by atoms with Crippen LogP contribution in [0, 0.1) is 0 Å². The third kappa shape index (κ3) is 24.2. The number of carbonyl (C=O) groups excluding carboxylic acids is 3. The third-order valence-electron chi connectivity index (χ3n) is 2.29. The van der Waals surface area contributed by atoms with Gasteiger partial charge in [0.15, 0.2) is 0 Å². The van der Waals surface area contributed by atoms with E-state index in [4.69, 9.17) is 15.3 Å². The SMILES string of the molecule is CC(C)NC(=O)CN.CC=O.CCC.COCc1ccc(CC=O)cc1. The van der Waals surface area contributed by atoms with Gasteiger partial charge in [0.05, 0.1) is 13.2 Å². The van der Waals surface area contributed by atoms with Crippen LogP contribution in [0.2, 0.25) is 0 Å². The molecule has 0 aliphatic carbocycles. The highest BCUT2D eigenvalue weighted by Gasteiger charge is 1.96. The largest absolute Gasteiger partial charge is 0.380 e. The first-order valence-electron chi connectivity index (χ1n) is 8.76. The summed E-state index contributed by atoms with van der Waals surface area (Å²) in [4.78, 5) is 29.4. The summed E-state index contributed by atoms with van der Waals surface area (Å²) in [5, 5.41) is 2.63. The first kappa shape index (κ1) is 28.7. The van der Waals surface area contributed by atoms with Gasteiger partial charge in [0.25, 0.3) is 0 Å². The summed E-state index contributed by atoms with van der Waals surface area (Å²) >= 11 is 0. The van der Waals surface area contributed by atoms with Crippen molar-refractivity contribution in [2.45, 2.75) is 60.1 Å². The van der Waals surface area contributed by atoms with Gasteiger partial charge in [-0.1, -0.05) is 44.5 Å². The van der Waals surface area contributed by atoms with E-state index in [2.05, 4.69) is 19.2 Å². The summed E-state index contributed by atoms with van der Waals surface area (Å²) in [5.74, 6) is -0.0972. The van der Waals surface area contributed by atoms with Crippen molar-refractivity contribution in [1.82, 2.24) is 5.32 Å². The predicted octanol–water partition coefficient (Wildman–Crippen LogP) is 2.67. The predicted molar refractivity (Wildman–Crippen MR) is 107 cm³/mol. The smallest absolute Gasteiger partial charge is 0.233 e. The Morgan fingerprint density at radius 3 is 1.85 bits per heavy atom. The fourth-order valence-electron chi connectivity index (χ4n) is 1.42. The number of amides is 1. The quantitative estimate of drug-likeness (QED) is 0.752. The van der Waals surface area contributed by atoms with Crippen LogP contribution in [0.4, 0.5) is 0 Å². The zero-order valence-corrected chi connectivity index (χ0v) is 17.1. The Labute approximate surface area is 158 Å². The molecule has 3 N–H and O–H groups in total. The zero-order chi connectivity index (χ0) is 20.8. The molecule has 0 aromatic heterocycles. The summed E-state index contributed by atoms with van der Waals surface area (Å²) in [6.07, 6.45) is 3.40. The van der Waals surface area contributed by atoms with Crippen LogP contribution in [0.3, 0.4) is 0 Å². The Bertz CT molecular complexity index is 446. The van der Waals surface area contributed by atoms with Crippen LogP contribution in [0.5, 0.6) is 0 Å². The first-order chi connectivity index (χ1) is 12.4. The molecular weight excluding hydrogens is 332 g/mol. The van der Waals surface area contributed by atoms with Crippen LogP contribution in [0.1, 0.15) is 52.2 Å². The van der Waals surface area contributed by atoms with Crippen LogP contribution in [0.15, 0.2) is 24.3 Å². The summed E-state index contributed by atoms with van der Waals surface area (Å²) < 4.78 is 4.96. The average Bonchev–Trinajstić information content (AvgIpc) is 2.58. The van der Waals surface area contributed by atoms with Gasteiger partial charge < -0.3 is 25.4 Å². The maximum absolute atomic E-state index is 10.4. The molecule has 6 nitrogen and oxygen atoms in total. The molecule has 0 bridgehead atoms. The van der Waals surface area contributed by atoms with Crippen molar-refractivity contribution in [3.63, 3.8) is 0 Å². The minimum Gasteiger partial charge on any atom is -0.380 e. The summed E-state index contributed by atoms with van der Waals surface area (Å²) in [6.45, 7) is 10.2. The van der Waals surface area contributed by atoms with Crippen LogP contribution >= 0.6 is 0 Å². The molecule has 0 fully saturated rings. The number of hydrogen-bond acceptors (Lipinski definition) is 5. The van der Waals surface area contributed by atoms with E-state index in [1.165, 1.54) is 13.3 Å². The minimum absolute atomic E-state index is 0.0815. The molecule has 0 aliphatic rings. The molecule has 1 rings (SSSR count). The van der Waals surface area contributed by atoms with E-state index < -0.39 is 0 Å². The monoisotopic (exact) mass is 368 g/mol. The lowest BCUT2D eigenvalue weighted by Crippen LogP contribution is -2.35. The van der Waals surface area contributed by atoms with E-state index in [9.17, 15) is 9.59 Å². The van der Waals surface area contributed by atoms with Crippen LogP contribution in [0.25, 0.3) is 0 Å². The molecule has 0 atom stereocenters. The highest BCUT2D eigenvalue weighted by Crippen LogP contribution is 2.04. The standard InChI is InChI=1S/C10H12O2.C5H12N2O.C3H8.C2H4O/c1-12-8-10-4-2-9(3-5-10)6-7-11;1-4(2)7-5(8)3-6;1-3-2;1-2-3/h2-5,7H,6,8H2,1H3;4H,3,6H2,1-2H3,(H,7,8);3H2,1-2H3;2H,1H3. The van der Waals surface area contributed by atoms with Gasteiger partial charge in [0.1, 0.15) is 12.6 Å². The normalized spacial score (nSPS) is 8.62. The fourth-order valence-corrected chi connectivity index (χ4v) is 1.42. The topological polar surface area (TPSA) is 98.5 Å². The molecule has 0 radical (unpaired) electrons. The summed E-state index contributed by atoms with van der Waals surface area (Å²) in [5.41, 5.74) is 7.19. The van der Waals surface area contributed by atoms with E-state index in [0.717, 1.165) is 23.7 Å². The molecule has 1 aromatic rings. The minimum atomic E-state index is -0.0972. The molecule has 0 heterocycles. The molecule has 0 saturated heterocycles. The van der Waals surface area contributed by atoms with Crippen molar-refractivity contribution in [3.05, 3.63) is 35.4 Å². The first-order valence-corrected chi connectivity index (χ1v) is 8.76. The molecule has 6 heteroatoms. The van der Waals surface area contributed by atoms with Crippen LogP contribution < -0.4 is 11.1 Å². The van der Waals surface area contributed by atoms with Crippen LogP contribution in [-0.4, -0.2) is 38.2 Å². The lowest BCUT2D eigenvalue weighted by molar-refractivity contribution is -0.120. The van der Waals surface area contributed by atoms with Crippen molar-refractivity contribution < 1.29 is 19.1 Å². The Morgan fingerprint density at radius 1 is 1.15 bits per heavy atom. The number of ether oxygens (including phenoxy) is 1. The summed E-state index contributed by atoms with van der Waals surface area (Å²) in [6, 6.07) is 8.04. The van der Waals surface area contributed by atoms with E-state index in [0.29, 0.717) is 13.0 Å². The second kappa shape index (κ2) is 22.9. The van der Waals surface area contributed by atoms with E-state index in [1.54, 1.807) is 7.11 Å². The van der Waals surface area contributed by atoms with Crippen molar-refractivity contribution in [2.75, 3.05) is 13.7 Å². The van der Waals surface area contributed by atoms with Crippen LogP contribution in [-0.2, 0) is 32.1 Å². The molecule has 0 aliphatic heterocycles. The Hall–Kier alpha value is -2.05. The van der Waals surface area contributed by atoms with Gasteiger partial charge in [0, 0.05) is 19.6 Å². The molecule has 1 amide bonds. The molecule has 0 spiro atoms. The van der Waals surface area contributed by atoms with Crippen molar-refractivity contribution in [1.29, 1.82) is 0 Å². The molecule has 150 valence electrons. The number of benzene rings is 1. The average molecular weight is 369 g/mol. The van der Waals surface area contributed by atoms with Gasteiger partial charge in [-0.15, -0.1) is 0 Å². The molecule has 0 saturated carbocycles. The number of aldehydes is 2. The highest BCUT2D eigenvalue weighted by molar-refractivity contribution is 5.77. The number of nitrogens with one attached hydrogen (secondary N) is 1. The number of methoxy groups -OCH3 is 1. The Kier molecular flexibility index (Phi) is 25.4. The Balaban J connectivity index is -0.000000327. The van der Waals surface area contributed by atoms with Gasteiger partial charge in [-0.25, -0.2) is 0 Å².